The molecule has 23 heavy (non-hydrogen) atoms. The fourth-order valence-corrected chi connectivity index (χ4v) is 2.14. The van der Waals surface area contributed by atoms with Gasteiger partial charge in [-0.2, -0.15) is 9.78 Å². The summed E-state index contributed by atoms with van der Waals surface area (Å²) in [5.41, 5.74) is 0.188. The van der Waals surface area contributed by atoms with Crippen LogP contribution < -0.4 is 5.32 Å². The van der Waals surface area contributed by atoms with Gasteiger partial charge in [-0.1, -0.05) is 25.1 Å². The highest BCUT2D eigenvalue weighted by Gasteiger charge is 2.22. The molecule has 1 aromatic carbocycles. The lowest BCUT2D eigenvalue weighted by Crippen LogP contribution is -2.40. The van der Waals surface area contributed by atoms with E-state index in [4.69, 9.17) is 0 Å². The van der Waals surface area contributed by atoms with Gasteiger partial charge in [0.15, 0.2) is 5.69 Å². The van der Waals surface area contributed by atoms with Crippen LogP contribution >= 0.6 is 0 Å². The van der Waals surface area contributed by atoms with E-state index in [1.807, 2.05) is 6.92 Å². The van der Waals surface area contributed by atoms with Crippen LogP contribution in [0, 0.1) is 0 Å². The molecule has 0 aliphatic heterocycles. The molecule has 0 spiro atoms. The molecule has 0 unspecified atom stereocenters. The SMILES string of the molecule is CCCNC(=O)CN(C)C(=O)n1nc(C(=O)O)c2ccccc21. The predicted molar refractivity (Wildman–Crippen MR) is 83.4 cm³/mol. The van der Waals surface area contributed by atoms with Crippen LogP contribution in [-0.4, -0.2) is 57.8 Å². The first-order chi connectivity index (χ1) is 11.0. The molecule has 1 heterocycles. The van der Waals surface area contributed by atoms with Gasteiger partial charge in [-0.3, -0.25) is 4.79 Å². The second-order valence-corrected chi connectivity index (χ2v) is 5.07. The van der Waals surface area contributed by atoms with E-state index in [2.05, 4.69) is 10.4 Å². The molecule has 2 N–H and O–H groups in total. The number of rotatable bonds is 5. The van der Waals surface area contributed by atoms with Gasteiger partial charge >= 0.3 is 12.0 Å². The fourth-order valence-electron chi connectivity index (χ4n) is 2.14. The second-order valence-electron chi connectivity index (χ2n) is 5.07. The quantitative estimate of drug-likeness (QED) is 0.861. The number of aromatic carboxylic acids is 1. The fraction of sp³-hybridized carbons (Fsp3) is 0.333. The van der Waals surface area contributed by atoms with Crippen molar-refractivity contribution in [2.75, 3.05) is 20.1 Å². The average Bonchev–Trinajstić information content (AvgIpc) is 2.92. The van der Waals surface area contributed by atoms with Gasteiger partial charge in [0.2, 0.25) is 5.91 Å². The van der Waals surface area contributed by atoms with Crippen molar-refractivity contribution in [1.82, 2.24) is 20.0 Å². The number of nitrogens with zero attached hydrogens (tertiary/aromatic N) is 3. The molecule has 2 amide bonds. The maximum atomic E-state index is 12.5. The molecule has 0 fully saturated rings. The monoisotopic (exact) mass is 318 g/mol. The number of hydrogen-bond donors (Lipinski definition) is 2. The van der Waals surface area contributed by atoms with Crippen LogP contribution in [0.2, 0.25) is 0 Å². The molecular weight excluding hydrogens is 300 g/mol. The number of para-hydroxylation sites is 1. The predicted octanol–water partition coefficient (Wildman–Crippen LogP) is 1.16. The number of carbonyl (C=O) groups excluding carboxylic acids is 2. The minimum Gasteiger partial charge on any atom is -0.476 e. The van der Waals surface area contributed by atoms with Gasteiger partial charge in [-0.05, 0) is 12.5 Å². The van der Waals surface area contributed by atoms with Crippen LogP contribution in [0.25, 0.3) is 10.9 Å². The van der Waals surface area contributed by atoms with Crippen molar-refractivity contribution in [3.63, 3.8) is 0 Å². The third-order valence-corrected chi connectivity index (χ3v) is 3.25. The Kier molecular flexibility index (Phi) is 4.95. The lowest BCUT2D eigenvalue weighted by Gasteiger charge is -2.16. The van der Waals surface area contributed by atoms with Crippen molar-refractivity contribution in [3.05, 3.63) is 30.0 Å². The molecular formula is C15H18N4O4. The van der Waals surface area contributed by atoms with Crippen LogP contribution in [0.5, 0.6) is 0 Å². The molecule has 8 heteroatoms. The van der Waals surface area contributed by atoms with Crippen LogP contribution in [0.4, 0.5) is 4.79 Å². The maximum absolute atomic E-state index is 12.5. The number of nitrogens with one attached hydrogen (secondary N) is 1. The Hall–Kier alpha value is -2.90. The van der Waals surface area contributed by atoms with E-state index < -0.39 is 12.0 Å². The zero-order chi connectivity index (χ0) is 17.0. The van der Waals surface area contributed by atoms with Crippen molar-refractivity contribution in [3.8, 4) is 0 Å². The lowest BCUT2D eigenvalue weighted by atomic mass is 10.2. The number of aromatic nitrogens is 2. The number of amides is 2. The molecule has 1 aromatic heterocycles. The summed E-state index contributed by atoms with van der Waals surface area (Å²) in [6.07, 6.45) is 0.801. The zero-order valence-electron chi connectivity index (χ0n) is 12.9. The van der Waals surface area contributed by atoms with E-state index >= 15 is 0 Å². The van der Waals surface area contributed by atoms with E-state index in [0.29, 0.717) is 17.4 Å². The highest BCUT2D eigenvalue weighted by molar-refractivity contribution is 6.04. The van der Waals surface area contributed by atoms with E-state index in [1.54, 1.807) is 24.3 Å². The second kappa shape index (κ2) is 6.91. The molecule has 0 aliphatic rings. The summed E-state index contributed by atoms with van der Waals surface area (Å²) in [6, 6.07) is 5.99. The van der Waals surface area contributed by atoms with E-state index in [1.165, 1.54) is 11.9 Å². The third-order valence-electron chi connectivity index (χ3n) is 3.25. The van der Waals surface area contributed by atoms with Crippen LogP contribution in [0.1, 0.15) is 23.8 Å². The van der Waals surface area contributed by atoms with Crippen molar-refractivity contribution < 1.29 is 19.5 Å². The lowest BCUT2D eigenvalue weighted by molar-refractivity contribution is -0.121. The maximum Gasteiger partial charge on any atom is 0.357 e. The Balaban J connectivity index is 2.27. The standard InChI is InChI=1S/C15H18N4O4/c1-3-8-16-12(20)9-18(2)15(23)19-11-7-5-4-6-10(11)13(17-19)14(21)22/h4-7H,3,8-9H2,1-2H3,(H,16,20)(H,21,22). The van der Waals surface area contributed by atoms with E-state index in [9.17, 15) is 19.5 Å². The Morgan fingerprint density at radius 3 is 2.65 bits per heavy atom. The summed E-state index contributed by atoms with van der Waals surface area (Å²) in [6.45, 7) is 2.34. The largest absolute Gasteiger partial charge is 0.476 e. The van der Waals surface area contributed by atoms with Crippen molar-refractivity contribution in [2.45, 2.75) is 13.3 Å². The molecule has 0 radical (unpaired) electrons. The van der Waals surface area contributed by atoms with Gasteiger partial charge in [0.05, 0.1) is 5.52 Å². The molecule has 8 nitrogen and oxygen atoms in total. The van der Waals surface area contributed by atoms with Gasteiger partial charge in [0.1, 0.15) is 6.54 Å². The van der Waals surface area contributed by atoms with E-state index in [-0.39, 0.29) is 18.1 Å². The third kappa shape index (κ3) is 3.47. The molecule has 2 aromatic rings. The van der Waals surface area contributed by atoms with Crippen LogP contribution in [-0.2, 0) is 4.79 Å². The summed E-state index contributed by atoms with van der Waals surface area (Å²) in [7, 11) is 1.46. The number of carboxylic acid groups (broad SMARTS) is 1. The molecule has 122 valence electrons. The summed E-state index contributed by atoms with van der Waals surface area (Å²) in [5, 5.41) is 16.1. The molecule has 0 atom stereocenters. The van der Waals surface area contributed by atoms with Gasteiger partial charge in [-0.25, -0.2) is 9.59 Å². The number of carboxylic acids is 1. The first kappa shape index (κ1) is 16.5. The number of likely N-dealkylation sites (N-methyl/N-ethyl adjacent to an activating group) is 1. The number of carbonyl (C=O) groups is 3. The van der Waals surface area contributed by atoms with Gasteiger partial charge in [0.25, 0.3) is 0 Å². The van der Waals surface area contributed by atoms with Crippen LogP contribution in [0.3, 0.4) is 0 Å². The normalized spacial score (nSPS) is 10.5. The Labute approximate surface area is 132 Å². The smallest absolute Gasteiger partial charge is 0.357 e. The summed E-state index contributed by atoms with van der Waals surface area (Å²) >= 11 is 0. The number of benzene rings is 1. The topological polar surface area (TPSA) is 105 Å². The van der Waals surface area contributed by atoms with Crippen molar-refractivity contribution in [1.29, 1.82) is 0 Å². The molecule has 0 saturated carbocycles. The first-order valence-corrected chi connectivity index (χ1v) is 7.19. The number of hydrogen-bond acceptors (Lipinski definition) is 4. The number of fused-ring (bicyclic) bond motifs is 1. The van der Waals surface area contributed by atoms with Gasteiger partial charge < -0.3 is 15.3 Å². The Bertz CT molecular complexity index is 753. The Morgan fingerprint density at radius 2 is 2.00 bits per heavy atom. The Morgan fingerprint density at radius 1 is 1.30 bits per heavy atom. The first-order valence-electron chi connectivity index (χ1n) is 7.19. The average molecular weight is 318 g/mol. The molecule has 2 rings (SSSR count). The minimum atomic E-state index is -1.21. The molecule has 0 bridgehead atoms. The molecule has 0 aliphatic carbocycles. The van der Waals surface area contributed by atoms with Gasteiger partial charge in [0, 0.05) is 19.0 Å². The highest BCUT2D eigenvalue weighted by Crippen LogP contribution is 2.18. The van der Waals surface area contributed by atoms with Crippen molar-refractivity contribution in [2.24, 2.45) is 0 Å². The van der Waals surface area contributed by atoms with Crippen molar-refractivity contribution >= 4 is 28.8 Å². The minimum absolute atomic E-state index is 0.130. The zero-order valence-corrected chi connectivity index (χ0v) is 12.9. The summed E-state index contributed by atoms with van der Waals surface area (Å²) < 4.78 is 1.01. The summed E-state index contributed by atoms with van der Waals surface area (Å²) in [5.74, 6) is -1.49. The van der Waals surface area contributed by atoms with Gasteiger partial charge in [-0.15, -0.1) is 0 Å². The molecule has 0 saturated heterocycles. The van der Waals surface area contributed by atoms with E-state index in [0.717, 1.165) is 11.1 Å². The highest BCUT2D eigenvalue weighted by atomic mass is 16.4. The van der Waals surface area contributed by atoms with Crippen LogP contribution in [0.15, 0.2) is 24.3 Å². The summed E-state index contributed by atoms with van der Waals surface area (Å²) in [4.78, 5) is 36.6.